The third kappa shape index (κ3) is 6.48. The Morgan fingerprint density at radius 1 is 1.64 bits per heavy atom. The second-order valence-electron chi connectivity index (χ2n) is 3.36. The van der Waals surface area contributed by atoms with Crippen molar-refractivity contribution in [1.29, 1.82) is 0 Å². The maximum atomic E-state index is 10.1. The van der Waals surface area contributed by atoms with E-state index in [9.17, 15) is 4.79 Å². The lowest BCUT2D eigenvalue weighted by Crippen LogP contribution is -2.33. The minimum atomic E-state index is -0.923. The van der Waals surface area contributed by atoms with Crippen molar-refractivity contribution in [3.8, 4) is 0 Å². The lowest BCUT2D eigenvalue weighted by molar-refractivity contribution is -0.131. The first kappa shape index (κ1) is 13.0. The van der Waals surface area contributed by atoms with Crippen LogP contribution in [0.5, 0.6) is 0 Å². The SMILES string of the molecule is CCC(C)N(C)CCN/C=C/C(=O)O. The van der Waals surface area contributed by atoms with E-state index >= 15 is 0 Å². The van der Waals surface area contributed by atoms with E-state index in [1.807, 2.05) is 0 Å². The maximum Gasteiger partial charge on any atom is 0.329 e. The molecule has 0 heterocycles. The van der Waals surface area contributed by atoms with Crippen LogP contribution >= 0.6 is 0 Å². The van der Waals surface area contributed by atoms with Crippen molar-refractivity contribution in [3.05, 3.63) is 12.3 Å². The third-order valence-corrected chi connectivity index (χ3v) is 2.30. The summed E-state index contributed by atoms with van der Waals surface area (Å²) in [5.74, 6) is -0.923. The first-order valence-electron chi connectivity index (χ1n) is 4.91. The molecule has 0 aromatic carbocycles. The van der Waals surface area contributed by atoms with Crippen molar-refractivity contribution in [2.45, 2.75) is 26.3 Å². The van der Waals surface area contributed by atoms with Gasteiger partial charge >= 0.3 is 5.97 Å². The highest BCUT2D eigenvalue weighted by Gasteiger charge is 2.04. The van der Waals surface area contributed by atoms with E-state index in [1.165, 1.54) is 6.20 Å². The zero-order valence-corrected chi connectivity index (χ0v) is 9.16. The fourth-order valence-electron chi connectivity index (χ4n) is 0.987. The zero-order valence-electron chi connectivity index (χ0n) is 9.16. The lowest BCUT2D eigenvalue weighted by Gasteiger charge is -2.23. The summed E-state index contributed by atoms with van der Waals surface area (Å²) in [6.07, 6.45) is 3.69. The second kappa shape index (κ2) is 7.38. The molecule has 0 aromatic heterocycles. The van der Waals surface area contributed by atoms with Gasteiger partial charge in [0.15, 0.2) is 0 Å². The van der Waals surface area contributed by atoms with Gasteiger partial charge in [0.05, 0.1) is 0 Å². The maximum absolute atomic E-state index is 10.1. The van der Waals surface area contributed by atoms with Crippen LogP contribution in [-0.4, -0.2) is 42.2 Å². The van der Waals surface area contributed by atoms with Gasteiger partial charge in [-0.2, -0.15) is 0 Å². The molecule has 0 amide bonds. The van der Waals surface area contributed by atoms with Crippen LogP contribution in [0.1, 0.15) is 20.3 Å². The molecular weight excluding hydrogens is 180 g/mol. The van der Waals surface area contributed by atoms with Crippen LogP contribution in [0.25, 0.3) is 0 Å². The predicted octanol–water partition coefficient (Wildman–Crippen LogP) is 0.905. The normalized spacial score (nSPS) is 13.4. The van der Waals surface area contributed by atoms with Crippen LogP contribution in [0.4, 0.5) is 0 Å². The van der Waals surface area contributed by atoms with Gasteiger partial charge in [-0.15, -0.1) is 0 Å². The van der Waals surface area contributed by atoms with Crippen LogP contribution in [-0.2, 0) is 4.79 Å². The topological polar surface area (TPSA) is 52.6 Å². The van der Waals surface area contributed by atoms with Gasteiger partial charge in [-0.1, -0.05) is 6.92 Å². The highest BCUT2D eigenvalue weighted by atomic mass is 16.4. The Labute approximate surface area is 85.6 Å². The molecule has 0 rings (SSSR count). The summed E-state index contributed by atoms with van der Waals surface area (Å²) in [7, 11) is 2.07. The van der Waals surface area contributed by atoms with E-state index < -0.39 is 5.97 Å². The summed E-state index contributed by atoms with van der Waals surface area (Å²) < 4.78 is 0. The molecule has 0 bridgehead atoms. The van der Waals surface area contributed by atoms with Gasteiger partial charge < -0.3 is 15.3 Å². The average Bonchev–Trinajstić information content (AvgIpc) is 2.15. The number of nitrogens with one attached hydrogen (secondary N) is 1. The molecule has 2 N–H and O–H groups in total. The quantitative estimate of drug-likeness (QED) is 0.473. The second-order valence-corrected chi connectivity index (χ2v) is 3.36. The first-order valence-corrected chi connectivity index (χ1v) is 4.91. The summed E-state index contributed by atoms with van der Waals surface area (Å²) in [6.45, 7) is 6.01. The Morgan fingerprint density at radius 2 is 2.29 bits per heavy atom. The number of hydrogen-bond acceptors (Lipinski definition) is 3. The predicted molar refractivity (Wildman–Crippen MR) is 57.2 cm³/mol. The minimum absolute atomic E-state index is 0.570. The Morgan fingerprint density at radius 3 is 2.79 bits per heavy atom. The Balaban J connectivity index is 3.49. The van der Waals surface area contributed by atoms with Gasteiger partial charge in [-0.25, -0.2) is 4.79 Å². The molecule has 0 aliphatic heterocycles. The summed E-state index contributed by atoms with van der Waals surface area (Å²) in [5.41, 5.74) is 0. The highest BCUT2D eigenvalue weighted by molar-refractivity contribution is 5.79. The minimum Gasteiger partial charge on any atom is -0.478 e. The van der Waals surface area contributed by atoms with E-state index in [2.05, 4.69) is 31.1 Å². The molecule has 82 valence electrons. The molecule has 1 atom stereocenters. The van der Waals surface area contributed by atoms with Crippen molar-refractivity contribution < 1.29 is 9.90 Å². The number of nitrogens with zero attached hydrogens (tertiary/aromatic N) is 1. The highest BCUT2D eigenvalue weighted by Crippen LogP contribution is 1.97. The van der Waals surface area contributed by atoms with E-state index in [4.69, 9.17) is 5.11 Å². The summed E-state index contributed by atoms with van der Waals surface area (Å²) in [5, 5.41) is 11.2. The summed E-state index contributed by atoms with van der Waals surface area (Å²) in [4.78, 5) is 12.4. The fourth-order valence-corrected chi connectivity index (χ4v) is 0.987. The smallest absolute Gasteiger partial charge is 0.329 e. The van der Waals surface area contributed by atoms with Crippen LogP contribution in [0.15, 0.2) is 12.3 Å². The van der Waals surface area contributed by atoms with Gasteiger partial charge in [0.1, 0.15) is 0 Å². The molecule has 0 aliphatic carbocycles. The molecule has 0 saturated heterocycles. The molecule has 14 heavy (non-hydrogen) atoms. The first-order chi connectivity index (χ1) is 6.57. The van der Waals surface area contributed by atoms with Crippen LogP contribution in [0.2, 0.25) is 0 Å². The van der Waals surface area contributed by atoms with Crippen molar-refractivity contribution in [1.82, 2.24) is 10.2 Å². The van der Waals surface area contributed by atoms with Crippen LogP contribution < -0.4 is 5.32 Å². The molecular formula is C10H20N2O2. The molecule has 0 aliphatic rings. The number of aliphatic carboxylic acids is 1. The number of hydrogen-bond donors (Lipinski definition) is 2. The van der Waals surface area contributed by atoms with Crippen molar-refractivity contribution >= 4 is 5.97 Å². The van der Waals surface area contributed by atoms with Gasteiger partial charge in [0.25, 0.3) is 0 Å². The standard InChI is InChI=1S/C10H20N2O2/c1-4-9(2)12(3)8-7-11-6-5-10(13)14/h5-6,9,11H,4,7-8H2,1-3H3,(H,13,14)/b6-5+. The molecule has 4 nitrogen and oxygen atoms in total. The fraction of sp³-hybridized carbons (Fsp3) is 0.700. The molecule has 4 heteroatoms. The van der Waals surface area contributed by atoms with Crippen LogP contribution in [0, 0.1) is 0 Å². The summed E-state index contributed by atoms with van der Waals surface area (Å²) in [6, 6.07) is 0.570. The van der Waals surface area contributed by atoms with E-state index in [0.29, 0.717) is 6.04 Å². The number of carboxylic acid groups (broad SMARTS) is 1. The molecule has 0 radical (unpaired) electrons. The molecule has 0 fully saturated rings. The van der Waals surface area contributed by atoms with Crippen molar-refractivity contribution in [3.63, 3.8) is 0 Å². The van der Waals surface area contributed by atoms with Gasteiger partial charge in [0.2, 0.25) is 0 Å². The molecule has 1 unspecified atom stereocenters. The third-order valence-electron chi connectivity index (χ3n) is 2.30. The van der Waals surface area contributed by atoms with Crippen molar-refractivity contribution in [2.75, 3.05) is 20.1 Å². The van der Waals surface area contributed by atoms with Gasteiger partial charge in [-0.3, -0.25) is 0 Å². The lowest BCUT2D eigenvalue weighted by atomic mass is 10.2. The number of likely N-dealkylation sites (N-methyl/N-ethyl adjacent to an activating group) is 1. The van der Waals surface area contributed by atoms with E-state index in [1.54, 1.807) is 0 Å². The Kier molecular flexibility index (Phi) is 6.84. The van der Waals surface area contributed by atoms with Gasteiger partial charge in [-0.05, 0) is 20.4 Å². The summed E-state index contributed by atoms with van der Waals surface area (Å²) >= 11 is 0. The van der Waals surface area contributed by atoms with Crippen LogP contribution in [0.3, 0.4) is 0 Å². The molecule has 0 aromatic rings. The van der Waals surface area contributed by atoms with Gasteiger partial charge in [0, 0.05) is 31.4 Å². The number of carboxylic acids is 1. The number of carbonyl (C=O) groups is 1. The van der Waals surface area contributed by atoms with Crippen molar-refractivity contribution in [2.24, 2.45) is 0 Å². The zero-order chi connectivity index (χ0) is 11.0. The molecule has 0 saturated carbocycles. The average molecular weight is 200 g/mol. The molecule has 0 spiro atoms. The largest absolute Gasteiger partial charge is 0.478 e. The van der Waals surface area contributed by atoms with E-state index in [-0.39, 0.29) is 0 Å². The Hall–Kier alpha value is -1.03. The number of rotatable bonds is 7. The Bertz CT molecular complexity index is 193. The van der Waals surface area contributed by atoms with E-state index in [0.717, 1.165) is 25.6 Å². The monoisotopic (exact) mass is 200 g/mol.